The minimum atomic E-state index is -0.363. The minimum absolute atomic E-state index is 0.0332. The van der Waals surface area contributed by atoms with Crippen LogP contribution in [0.2, 0.25) is 0 Å². The summed E-state index contributed by atoms with van der Waals surface area (Å²) < 4.78 is 0. The zero-order valence-electron chi connectivity index (χ0n) is 15.5. The molecule has 0 spiro atoms. The van der Waals surface area contributed by atoms with Gasteiger partial charge in [0, 0.05) is 42.4 Å². The predicted molar refractivity (Wildman–Crippen MR) is 110 cm³/mol. The molecule has 3 aromatic rings. The number of nitrogens with zero attached hydrogens (tertiary/aromatic N) is 4. The Labute approximate surface area is 163 Å². The zero-order valence-corrected chi connectivity index (χ0v) is 15.5. The molecule has 1 atom stereocenters. The van der Waals surface area contributed by atoms with E-state index in [1.165, 1.54) is 12.8 Å². The molecule has 0 radical (unpaired) electrons. The highest BCUT2D eigenvalue weighted by atomic mass is 16.2. The normalized spacial score (nSPS) is 18.7. The molecule has 1 saturated heterocycles. The second kappa shape index (κ2) is 6.96. The molecule has 1 fully saturated rings. The number of hydrogen-bond acceptors (Lipinski definition) is 5. The third kappa shape index (κ3) is 2.87. The van der Waals surface area contributed by atoms with E-state index in [0.29, 0.717) is 5.56 Å². The van der Waals surface area contributed by atoms with Crippen molar-refractivity contribution in [1.82, 2.24) is 9.97 Å². The van der Waals surface area contributed by atoms with Gasteiger partial charge in [-0.25, -0.2) is 9.97 Å². The standard InChI is InChI=1S/C22H21N5O/c28-21-18-10-4-5-11-19(18)25-20(27(21)17-8-2-1-3-9-17)16-14-23-22(24-15-16)26-12-6-7-13-26/h1-5,8-11,14-15,20,25H,6-7,12-13H2. The van der Waals surface area contributed by atoms with Crippen LogP contribution in [0, 0.1) is 0 Å². The Hall–Kier alpha value is -3.41. The number of anilines is 3. The first kappa shape index (κ1) is 16.7. The summed E-state index contributed by atoms with van der Waals surface area (Å²) in [5, 5.41) is 3.49. The summed E-state index contributed by atoms with van der Waals surface area (Å²) in [4.78, 5) is 26.5. The Morgan fingerprint density at radius 3 is 2.32 bits per heavy atom. The summed E-state index contributed by atoms with van der Waals surface area (Å²) in [5.74, 6) is 0.726. The fourth-order valence-corrected chi connectivity index (χ4v) is 3.89. The lowest BCUT2D eigenvalue weighted by atomic mass is 10.0. The van der Waals surface area contributed by atoms with Gasteiger partial charge in [0.25, 0.3) is 5.91 Å². The number of carbonyl (C=O) groups excluding carboxylic acids is 1. The van der Waals surface area contributed by atoms with E-state index in [2.05, 4.69) is 20.2 Å². The summed E-state index contributed by atoms with van der Waals surface area (Å²) in [5.41, 5.74) is 3.18. The molecule has 2 aromatic carbocycles. The van der Waals surface area contributed by atoms with Gasteiger partial charge in [0.1, 0.15) is 6.17 Å². The van der Waals surface area contributed by atoms with Crippen LogP contribution in [0.15, 0.2) is 67.0 Å². The molecule has 0 bridgehead atoms. The third-order valence-corrected chi connectivity index (χ3v) is 5.32. The van der Waals surface area contributed by atoms with Crippen LogP contribution in [0.3, 0.4) is 0 Å². The van der Waals surface area contributed by atoms with Crippen molar-refractivity contribution in [2.24, 2.45) is 0 Å². The molecule has 6 heteroatoms. The number of fused-ring (bicyclic) bond motifs is 1. The number of amides is 1. The van der Waals surface area contributed by atoms with E-state index in [1.807, 2.05) is 67.0 Å². The van der Waals surface area contributed by atoms with Crippen LogP contribution < -0.4 is 15.1 Å². The number of nitrogens with one attached hydrogen (secondary N) is 1. The van der Waals surface area contributed by atoms with Gasteiger partial charge in [0.05, 0.1) is 5.56 Å². The summed E-state index contributed by atoms with van der Waals surface area (Å²) in [6.07, 6.45) is 5.66. The summed E-state index contributed by atoms with van der Waals surface area (Å²) >= 11 is 0. The average Bonchev–Trinajstić information content (AvgIpc) is 3.29. The van der Waals surface area contributed by atoms with Crippen molar-refractivity contribution in [3.05, 3.63) is 78.1 Å². The molecular formula is C22H21N5O. The number of rotatable bonds is 3. The van der Waals surface area contributed by atoms with Gasteiger partial charge >= 0.3 is 0 Å². The molecule has 28 heavy (non-hydrogen) atoms. The largest absolute Gasteiger partial charge is 0.360 e. The van der Waals surface area contributed by atoms with Gasteiger partial charge in [0.15, 0.2) is 0 Å². The SMILES string of the molecule is O=C1c2ccccc2NC(c2cnc(N3CCCC3)nc2)N1c1ccccc1. The Bertz CT molecular complexity index is 983. The first-order chi connectivity index (χ1) is 13.8. The number of hydrogen-bond donors (Lipinski definition) is 1. The van der Waals surface area contributed by atoms with Gasteiger partial charge in [0.2, 0.25) is 5.95 Å². The van der Waals surface area contributed by atoms with Crippen LogP contribution in [-0.2, 0) is 0 Å². The van der Waals surface area contributed by atoms with E-state index in [9.17, 15) is 4.79 Å². The van der Waals surface area contributed by atoms with E-state index in [-0.39, 0.29) is 12.1 Å². The molecule has 6 nitrogen and oxygen atoms in total. The monoisotopic (exact) mass is 371 g/mol. The van der Waals surface area contributed by atoms with Crippen molar-refractivity contribution < 1.29 is 4.79 Å². The molecule has 1 aromatic heterocycles. The summed E-state index contributed by atoms with van der Waals surface area (Å²) in [7, 11) is 0. The number of carbonyl (C=O) groups is 1. The number of benzene rings is 2. The molecule has 1 unspecified atom stereocenters. The lowest BCUT2D eigenvalue weighted by molar-refractivity contribution is 0.0975. The molecule has 140 valence electrons. The highest BCUT2D eigenvalue weighted by Crippen LogP contribution is 2.36. The second-order valence-electron chi connectivity index (χ2n) is 7.11. The van der Waals surface area contributed by atoms with Crippen molar-refractivity contribution in [1.29, 1.82) is 0 Å². The Morgan fingerprint density at radius 2 is 1.57 bits per heavy atom. The highest BCUT2D eigenvalue weighted by Gasteiger charge is 2.34. The molecule has 1 amide bonds. The average molecular weight is 371 g/mol. The molecule has 2 aliphatic heterocycles. The van der Waals surface area contributed by atoms with Crippen molar-refractivity contribution in [2.45, 2.75) is 19.0 Å². The van der Waals surface area contributed by atoms with E-state index < -0.39 is 0 Å². The molecule has 3 heterocycles. The molecule has 0 saturated carbocycles. The number of para-hydroxylation sites is 2. The first-order valence-corrected chi connectivity index (χ1v) is 9.62. The summed E-state index contributed by atoms with van der Waals surface area (Å²) in [6, 6.07) is 17.3. The first-order valence-electron chi connectivity index (χ1n) is 9.62. The zero-order chi connectivity index (χ0) is 18.9. The highest BCUT2D eigenvalue weighted by molar-refractivity contribution is 6.12. The van der Waals surface area contributed by atoms with Gasteiger partial charge in [-0.15, -0.1) is 0 Å². The molecule has 2 aliphatic rings. The Kier molecular flexibility index (Phi) is 4.16. The molecule has 0 aliphatic carbocycles. The van der Waals surface area contributed by atoms with E-state index in [1.54, 1.807) is 4.90 Å². The maximum Gasteiger partial charge on any atom is 0.262 e. The van der Waals surface area contributed by atoms with Gasteiger partial charge < -0.3 is 10.2 Å². The van der Waals surface area contributed by atoms with Crippen LogP contribution in [0.5, 0.6) is 0 Å². The van der Waals surface area contributed by atoms with E-state index in [4.69, 9.17) is 0 Å². The van der Waals surface area contributed by atoms with Gasteiger partial charge in [-0.1, -0.05) is 30.3 Å². The quantitative estimate of drug-likeness (QED) is 0.758. The number of aromatic nitrogens is 2. The molecule has 5 rings (SSSR count). The predicted octanol–water partition coefficient (Wildman–Crippen LogP) is 3.85. The third-order valence-electron chi connectivity index (χ3n) is 5.32. The Balaban J connectivity index is 1.54. The van der Waals surface area contributed by atoms with Gasteiger partial charge in [-0.3, -0.25) is 9.69 Å². The van der Waals surface area contributed by atoms with Crippen molar-refractivity contribution in [3.63, 3.8) is 0 Å². The smallest absolute Gasteiger partial charge is 0.262 e. The fourth-order valence-electron chi connectivity index (χ4n) is 3.89. The van der Waals surface area contributed by atoms with Crippen LogP contribution in [0.4, 0.5) is 17.3 Å². The van der Waals surface area contributed by atoms with Gasteiger partial charge in [-0.05, 0) is 37.1 Å². The molecular weight excluding hydrogens is 350 g/mol. The van der Waals surface area contributed by atoms with E-state index >= 15 is 0 Å². The van der Waals surface area contributed by atoms with Crippen molar-refractivity contribution in [2.75, 3.05) is 28.2 Å². The van der Waals surface area contributed by atoms with Crippen LogP contribution >= 0.6 is 0 Å². The lowest BCUT2D eigenvalue weighted by Crippen LogP contribution is -2.43. The summed E-state index contributed by atoms with van der Waals surface area (Å²) in [6.45, 7) is 2.01. The van der Waals surface area contributed by atoms with Gasteiger partial charge in [-0.2, -0.15) is 0 Å². The Morgan fingerprint density at radius 1 is 0.893 bits per heavy atom. The van der Waals surface area contributed by atoms with Crippen LogP contribution in [-0.4, -0.2) is 29.0 Å². The topological polar surface area (TPSA) is 61.4 Å². The van der Waals surface area contributed by atoms with Crippen molar-refractivity contribution in [3.8, 4) is 0 Å². The minimum Gasteiger partial charge on any atom is -0.360 e. The lowest BCUT2D eigenvalue weighted by Gasteiger charge is -2.37. The molecule has 1 N–H and O–H groups in total. The maximum absolute atomic E-state index is 13.3. The second-order valence-corrected chi connectivity index (χ2v) is 7.11. The van der Waals surface area contributed by atoms with Crippen LogP contribution in [0.1, 0.15) is 34.9 Å². The van der Waals surface area contributed by atoms with E-state index in [0.717, 1.165) is 36.0 Å². The maximum atomic E-state index is 13.3. The van der Waals surface area contributed by atoms with Crippen molar-refractivity contribution >= 4 is 23.2 Å². The fraction of sp³-hybridized carbons (Fsp3) is 0.227. The van der Waals surface area contributed by atoms with Crippen LogP contribution in [0.25, 0.3) is 0 Å².